The Bertz CT molecular complexity index is 931. The van der Waals surface area contributed by atoms with Crippen LogP contribution in [0.15, 0.2) is 39.5 Å². The van der Waals surface area contributed by atoms with Crippen molar-refractivity contribution in [2.24, 2.45) is 0 Å². The molecule has 0 fully saturated rings. The molecular weight excluding hydrogens is 269 g/mol. The van der Waals surface area contributed by atoms with Crippen LogP contribution in [0.25, 0.3) is 21.7 Å². The third-order valence-corrected chi connectivity index (χ3v) is 2.95. The van der Waals surface area contributed by atoms with Crippen molar-refractivity contribution >= 4 is 27.4 Å². The number of phenols is 1. The molecule has 0 saturated heterocycles. The summed E-state index contributed by atoms with van der Waals surface area (Å²) >= 11 is 0. The van der Waals surface area contributed by atoms with Gasteiger partial charge in [0.05, 0.1) is 15.7 Å². The van der Waals surface area contributed by atoms with Gasteiger partial charge < -0.3 is 9.52 Å². The molecule has 3 aromatic rings. The van der Waals surface area contributed by atoms with Crippen LogP contribution >= 0.6 is 0 Å². The van der Waals surface area contributed by atoms with Crippen LogP contribution in [0.5, 0.6) is 5.75 Å². The quantitative estimate of drug-likeness (QED) is 0.319. The number of non-ortho nitro benzene ring substituents is 1. The molecule has 20 heavy (non-hydrogen) atoms. The molecule has 2 aromatic carbocycles. The van der Waals surface area contributed by atoms with Crippen molar-refractivity contribution in [1.29, 1.82) is 0 Å². The number of nitro benzene ring substituents is 1. The van der Waals surface area contributed by atoms with Crippen molar-refractivity contribution in [3.05, 3.63) is 56.7 Å². The molecule has 0 aliphatic rings. The van der Waals surface area contributed by atoms with Gasteiger partial charge in [0.2, 0.25) is 0 Å². The van der Waals surface area contributed by atoms with Crippen LogP contribution < -0.4 is 5.63 Å². The maximum atomic E-state index is 13.2. The van der Waals surface area contributed by atoms with Gasteiger partial charge in [-0.15, -0.1) is 0 Å². The van der Waals surface area contributed by atoms with Gasteiger partial charge in [0.1, 0.15) is 17.1 Å². The van der Waals surface area contributed by atoms with Gasteiger partial charge in [-0.1, -0.05) is 0 Å². The molecule has 0 bridgehead atoms. The highest BCUT2D eigenvalue weighted by Crippen LogP contribution is 2.32. The summed E-state index contributed by atoms with van der Waals surface area (Å²) in [5.74, 6) is -1.15. The van der Waals surface area contributed by atoms with Gasteiger partial charge in [-0.25, -0.2) is 9.18 Å². The van der Waals surface area contributed by atoms with Crippen molar-refractivity contribution in [1.82, 2.24) is 0 Å². The molecule has 6 nitrogen and oxygen atoms in total. The molecule has 0 saturated carbocycles. The number of fused-ring (bicyclic) bond motifs is 3. The smallest absolute Gasteiger partial charge is 0.344 e. The Balaban J connectivity index is 2.54. The minimum atomic E-state index is -0.832. The van der Waals surface area contributed by atoms with Crippen LogP contribution in [0.2, 0.25) is 0 Å². The largest absolute Gasteiger partial charge is 0.507 e. The normalized spacial score (nSPS) is 11.1. The highest BCUT2D eigenvalue weighted by molar-refractivity contribution is 6.07. The maximum Gasteiger partial charge on any atom is 0.344 e. The van der Waals surface area contributed by atoms with Crippen LogP contribution in [-0.4, -0.2) is 10.0 Å². The number of phenolic OH excluding ortho intramolecular Hbond substituents is 1. The van der Waals surface area contributed by atoms with E-state index in [0.29, 0.717) is 0 Å². The van der Waals surface area contributed by atoms with Gasteiger partial charge in [-0.3, -0.25) is 10.1 Å². The van der Waals surface area contributed by atoms with Gasteiger partial charge in [-0.2, -0.15) is 0 Å². The molecule has 0 aliphatic heterocycles. The number of nitro groups is 1. The molecule has 0 radical (unpaired) electrons. The van der Waals surface area contributed by atoms with Crippen molar-refractivity contribution in [2.75, 3.05) is 0 Å². The summed E-state index contributed by atoms with van der Waals surface area (Å²) in [6.45, 7) is 0. The monoisotopic (exact) mass is 275 g/mol. The zero-order valence-corrected chi connectivity index (χ0v) is 9.79. The Hall–Kier alpha value is -2.96. The van der Waals surface area contributed by atoms with E-state index in [0.717, 1.165) is 18.2 Å². The fraction of sp³-hybridized carbons (Fsp3) is 0. The number of hydrogen-bond donors (Lipinski definition) is 1. The Morgan fingerprint density at radius 1 is 1.20 bits per heavy atom. The molecule has 0 unspecified atom stereocenters. The second kappa shape index (κ2) is 4.02. The first-order valence-electron chi connectivity index (χ1n) is 5.51. The average Bonchev–Trinajstić information content (AvgIpc) is 2.37. The Kier molecular flexibility index (Phi) is 2.43. The molecule has 0 atom stereocenters. The molecule has 1 heterocycles. The topological polar surface area (TPSA) is 93.6 Å². The lowest BCUT2D eigenvalue weighted by atomic mass is 10.1. The van der Waals surface area contributed by atoms with E-state index < -0.39 is 22.1 Å². The Morgan fingerprint density at radius 3 is 2.65 bits per heavy atom. The summed E-state index contributed by atoms with van der Waals surface area (Å²) < 4.78 is 18.1. The van der Waals surface area contributed by atoms with Crippen LogP contribution in [0.3, 0.4) is 0 Å². The number of halogens is 1. The van der Waals surface area contributed by atoms with Crippen LogP contribution in [0.4, 0.5) is 10.1 Å². The molecule has 0 aliphatic carbocycles. The highest BCUT2D eigenvalue weighted by atomic mass is 19.1. The van der Waals surface area contributed by atoms with E-state index in [2.05, 4.69) is 0 Å². The minimum absolute atomic E-state index is 0.0476. The summed E-state index contributed by atoms with van der Waals surface area (Å²) in [6, 6.07) is 5.43. The summed E-state index contributed by atoms with van der Waals surface area (Å²) in [5.41, 5.74) is -1.22. The zero-order valence-electron chi connectivity index (χ0n) is 9.79. The first kappa shape index (κ1) is 12.1. The molecule has 0 spiro atoms. The zero-order chi connectivity index (χ0) is 14.4. The van der Waals surface area contributed by atoms with Crippen molar-refractivity contribution in [3.63, 3.8) is 0 Å². The third-order valence-electron chi connectivity index (χ3n) is 2.95. The first-order valence-corrected chi connectivity index (χ1v) is 5.51. The molecular formula is C13H6FNO5. The third kappa shape index (κ3) is 1.68. The fourth-order valence-electron chi connectivity index (χ4n) is 2.11. The highest BCUT2D eigenvalue weighted by Gasteiger charge is 2.15. The lowest BCUT2D eigenvalue weighted by Gasteiger charge is -2.04. The average molecular weight is 275 g/mol. The van der Waals surface area contributed by atoms with Crippen LogP contribution in [0.1, 0.15) is 0 Å². The molecule has 1 N–H and O–H groups in total. The van der Waals surface area contributed by atoms with Crippen molar-refractivity contribution in [3.8, 4) is 5.75 Å². The second-order valence-corrected chi connectivity index (χ2v) is 4.17. The van der Waals surface area contributed by atoms with Crippen molar-refractivity contribution < 1.29 is 18.8 Å². The van der Waals surface area contributed by atoms with E-state index in [1.807, 2.05) is 0 Å². The first-order chi connectivity index (χ1) is 9.47. The molecule has 100 valence electrons. The molecule has 7 heteroatoms. The standard InChI is InChI=1S/C13H6FNO5/c14-6-3-10(16)12-8-2-1-7(15(18)19)5-9(8)13(17)20-11(12)4-6/h1-5,16H. The van der Waals surface area contributed by atoms with E-state index in [-0.39, 0.29) is 27.4 Å². The summed E-state index contributed by atoms with van der Waals surface area (Å²) in [7, 11) is 0. The number of benzene rings is 2. The Labute approximate surface area is 109 Å². The van der Waals surface area contributed by atoms with Crippen molar-refractivity contribution in [2.45, 2.75) is 0 Å². The molecule has 3 rings (SSSR count). The summed E-state index contributed by atoms with van der Waals surface area (Å²) in [5, 5.41) is 20.8. The number of aromatic hydroxyl groups is 1. The van der Waals surface area contributed by atoms with Gasteiger partial charge in [0.15, 0.2) is 0 Å². The van der Waals surface area contributed by atoms with E-state index in [9.17, 15) is 24.4 Å². The lowest BCUT2D eigenvalue weighted by molar-refractivity contribution is -0.384. The summed E-state index contributed by atoms with van der Waals surface area (Å²) in [4.78, 5) is 21.9. The second-order valence-electron chi connectivity index (χ2n) is 4.17. The number of rotatable bonds is 1. The van der Waals surface area contributed by atoms with E-state index in [1.54, 1.807) is 0 Å². The lowest BCUT2D eigenvalue weighted by Crippen LogP contribution is -2.01. The molecule has 1 aromatic heterocycles. The van der Waals surface area contributed by atoms with E-state index in [4.69, 9.17) is 4.42 Å². The maximum absolute atomic E-state index is 13.2. The summed E-state index contributed by atoms with van der Waals surface area (Å²) in [6.07, 6.45) is 0. The minimum Gasteiger partial charge on any atom is -0.507 e. The number of hydrogen-bond acceptors (Lipinski definition) is 5. The van der Waals surface area contributed by atoms with Gasteiger partial charge >= 0.3 is 5.63 Å². The van der Waals surface area contributed by atoms with Gasteiger partial charge in [0.25, 0.3) is 5.69 Å². The predicted molar refractivity (Wildman–Crippen MR) is 68.3 cm³/mol. The van der Waals surface area contributed by atoms with E-state index in [1.165, 1.54) is 12.1 Å². The fourth-order valence-corrected chi connectivity index (χ4v) is 2.11. The van der Waals surface area contributed by atoms with Gasteiger partial charge in [-0.05, 0) is 6.07 Å². The SMILES string of the molecule is O=c1oc2cc(F)cc(O)c2c2ccc([N+](=O)[O-])cc12. The van der Waals surface area contributed by atoms with Crippen LogP contribution in [-0.2, 0) is 0 Å². The van der Waals surface area contributed by atoms with Gasteiger partial charge in [0, 0.05) is 29.7 Å². The van der Waals surface area contributed by atoms with Crippen LogP contribution in [0, 0.1) is 15.9 Å². The number of nitrogens with zero attached hydrogens (tertiary/aromatic N) is 1. The Morgan fingerprint density at radius 2 is 1.95 bits per heavy atom. The van der Waals surface area contributed by atoms with E-state index >= 15 is 0 Å². The predicted octanol–water partition coefficient (Wildman–Crippen LogP) is 2.70. The molecule has 0 amide bonds.